The van der Waals surface area contributed by atoms with E-state index in [1.165, 1.54) is 0 Å². The summed E-state index contributed by atoms with van der Waals surface area (Å²) in [4.78, 5) is 1.68. The highest BCUT2D eigenvalue weighted by molar-refractivity contribution is 5.28. The zero-order valence-electron chi connectivity index (χ0n) is 11.2. The molecule has 0 aliphatic rings. The molecule has 1 aromatic carbocycles. The number of benzene rings is 1. The van der Waals surface area contributed by atoms with E-state index >= 15 is 0 Å². The van der Waals surface area contributed by atoms with E-state index in [2.05, 4.69) is 29.4 Å². The molecule has 1 unspecified atom stereocenters. The third kappa shape index (κ3) is 2.96. The molecular formula is C14H20N4. The lowest BCUT2D eigenvalue weighted by molar-refractivity contribution is 0.446. The van der Waals surface area contributed by atoms with Gasteiger partial charge < -0.3 is 5.32 Å². The van der Waals surface area contributed by atoms with Gasteiger partial charge in [0.2, 0.25) is 0 Å². The smallest absolute Gasteiger partial charge is 0.100 e. The van der Waals surface area contributed by atoms with Gasteiger partial charge in [-0.1, -0.05) is 32.0 Å². The van der Waals surface area contributed by atoms with Crippen molar-refractivity contribution in [2.45, 2.75) is 26.3 Å². The molecule has 0 bridgehead atoms. The maximum absolute atomic E-state index is 4.55. The molecule has 0 aliphatic heterocycles. The fraction of sp³-hybridized carbons (Fsp3) is 0.429. The number of nitrogens with one attached hydrogen (secondary N) is 1. The van der Waals surface area contributed by atoms with Crippen molar-refractivity contribution in [2.24, 2.45) is 5.92 Å². The third-order valence-corrected chi connectivity index (χ3v) is 2.91. The van der Waals surface area contributed by atoms with E-state index in [9.17, 15) is 0 Å². The third-order valence-electron chi connectivity index (χ3n) is 2.91. The van der Waals surface area contributed by atoms with Gasteiger partial charge in [-0.3, -0.25) is 0 Å². The summed E-state index contributed by atoms with van der Waals surface area (Å²) in [5.41, 5.74) is 1.98. The van der Waals surface area contributed by atoms with Crippen LogP contribution in [0.2, 0.25) is 0 Å². The van der Waals surface area contributed by atoms with Crippen LogP contribution < -0.4 is 5.32 Å². The molecule has 0 spiro atoms. The highest BCUT2D eigenvalue weighted by Gasteiger charge is 2.15. The first-order valence-electron chi connectivity index (χ1n) is 6.35. The van der Waals surface area contributed by atoms with Gasteiger partial charge in [0.25, 0.3) is 0 Å². The second kappa shape index (κ2) is 5.78. The van der Waals surface area contributed by atoms with Crippen molar-refractivity contribution in [3.05, 3.63) is 42.2 Å². The van der Waals surface area contributed by atoms with E-state index in [0.717, 1.165) is 17.8 Å². The minimum atomic E-state index is 0.266. The Morgan fingerprint density at radius 2 is 1.94 bits per heavy atom. The Balaban J connectivity index is 2.19. The monoisotopic (exact) mass is 244 g/mol. The van der Waals surface area contributed by atoms with E-state index in [-0.39, 0.29) is 6.04 Å². The molecule has 1 aromatic heterocycles. The predicted molar refractivity (Wildman–Crippen MR) is 72.6 cm³/mol. The molecule has 2 rings (SSSR count). The Morgan fingerprint density at radius 3 is 2.56 bits per heavy atom. The Kier molecular flexibility index (Phi) is 4.10. The van der Waals surface area contributed by atoms with Crippen LogP contribution in [-0.4, -0.2) is 22.0 Å². The predicted octanol–water partition coefficient (Wildman–Crippen LogP) is 2.57. The lowest BCUT2D eigenvalue weighted by Crippen LogP contribution is -2.19. The molecule has 2 aromatic rings. The largest absolute Gasteiger partial charge is 0.312 e. The summed E-state index contributed by atoms with van der Waals surface area (Å²) >= 11 is 0. The zero-order chi connectivity index (χ0) is 13.0. The number of hydrogen-bond acceptors (Lipinski definition) is 3. The highest BCUT2D eigenvalue weighted by Crippen LogP contribution is 2.18. The minimum absolute atomic E-state index is 0.266. The molecular weight excluding hydrogens is 224 g/mol. The zero-order valence-corrected chi connectivity index (χ0v) is 11.2. The summed E-state index contributed by atoms with van der Waals surface area (Å²) in [5.74, 6) is 0.629. The van der Waals surface area contributed by atoms with E-state index < -0.39 is 0 Å². The van der Waals surface area contributed by atoms with Crippen molar-refractivity contribution >= 4 is 0 Å². The first-order valence-corrected chi connectivity index (χ1v) is 6.35. The second-order valence-electron chi connectivity index (χ2n) is 4.87. The molecule has 1 N–H and O–H groups in total. The molecule has 4 nitrogen and oxygen atoms in total. The van der Waals surface area contributed by atoms with Crippen molar-refractivity contribution < 1.29 is 0 Å². The van der Waals surface area contributed by atoms with Crippen LogP contribution >= 0.6 is 0 Å². The fourth-order valence-corrected chi connectivity index (χ4v) is 1.98. The van der Waals surface area contributed by atoms with Gasteiger partial charge in [0.1, 0.15) is 5.69 Å². The van der Waals surface area contributed by atoms with Gasteiger partial charge in [-0.25, -0.2) is 0 Å². The van der Waals surface area contributed by atoms with Gasteiger partial charge >= 0.3 is 0 Å². The first kappa shape index (κ1) is 12.8. The van der Waals surface area contributed by atoms with E-state index in [1.807, 2.05) is 43.6 Å². The van der Waals surface area contributed by atoms with Crippen molar-refractivity contribution in [1.29, 1.82) is 0 Å². The van der Waals surface area contributed by atoms with E-state index in [4.69, 9.17) is 0 Å². The maximum Gasteiger partial charge on any atom is 0.100 e. The number of nitrogens with zero attached hydrogens (tertiary/aromatic N) is 3. The molecule has 0 radical (unpaired) electrons. The van der Waals surface area contributed by atoms with Gasteiger partial charge in [-0.05, 0) is 31.5 Å². The number of hydrogen-bond donors (Lipinski definition) is 1. The van der Waals surface area contributed by atoms with Crippen LogP contribution in [0.1, 0.15) is 32.0 Å². The average molecular weight is 244 g/mol. The van der Waals surface area contributed by atoms with Crippen LogP contribution in [0.4, 0.5) is 0 Å². The van der Waals surface area contributed by atoms with Crippen LogP contribution in [0.25, 0.3) is 5.69 Å². The van der Waals surface area contributed by atoms with Crippen LogP contribution in [0.3, 0.4) is 0 Å². The standard InChI is InChI=1S/C14H20N4/c1-11(2)9-13(15-3)14-10-16-18(17-14)12-7-5-4-6-8-12/h4-8,10-11,13,15H,9H2,1-3H3. The maximum atomic E-state index is 4.55. The molecule has 1 heterocycles. The topological polar surface area (TPSA) is 42.7 Å². The molecule has 0 amide bonds. The second-order valence-corrected chi connectivity index (χ2v) is 4.87. The van der Waals surface area contributed by atoms with Crippen molar-refractivity contribution in [2.75, 3.05) is 7.05 Å². The quantitative estimate of drug-likeness (QED) is 0.879. The lowest BCUT2D eigenvalue weighted by atomic mass is 10.0. The molecule has 0 aliphatic carbocycles. The fourth-order valence-electron chi connectivity index (χ4n) is 1.98. The normalized spacial score (nSPS) is 12.9. The summed E-state index contributed by atoms with van der Waals surface area (Å²) < 4.78 is 0. The highest BCUT2D eigenvalue weighted by atomic mass is 15.5. The Bertz CT molecular complexity index is 476. The van der Waals surface area contributed by atoms with E-state index in [0.29, 0.717) is 5.92 Å². The number of para-hydroxylation sites is 1. The van der Waals surface area contributed by atoms with Gasteiger partial charge in [0.15, 0.2) is 0 Å². The van der Waals surface area contributed by atoms with Gasteiger partial charge in [-0.2, -0.15) is 15.0 Å². The number of aromatic nitrogens is 3. The number of rotatable bonds is 5. The van der Waals surface area contributed by atoms with Crippen molar-refractivity contribution in [1.82, 2.24) is 20.3 Å². The van der Waals surface area contributed by atoms with Crippen LogP contribution in [0.5, 0.6) is 0 Å². The molecule has 0 saturated heterocycles. The molecule has 18 heavy (non-hydrogen) atoms. The van der Waals surface area contributed by atoms with Crippen LogP contribution in [-0.2, 0) is 0 Å². The van der Waals surface area contributed by atoms with Crippen molar-refractivity contribution in [3.63, 3.8) is 0 Å². The summed E-state index contributed by atoms with van der Waals surface area (Å²) in [5, 5.41) is 12.2. The summed E-state index contributed by atoms with van der Waals surface area (Å²) in [6.07, 6.45) is 2.90. The molecule has 4 heteroatoms. The van der Waals surface area contributed by atoms with Crippen LogP contribution in [0.15, 0.2) is 36.5 Å². The first-order chi connectivity index (χ1) is 8.70. The van der Waals surface area contributed by atoms with Gasteiger partial charge in [-0.15, -0.1) is 0 Å². The Hall–Kier alpha value is -1.68. The summed E-state index contributed by atoms with van der Waals surface area (Å²) in [6.45, 7) is 4.43. The minimum Gasteiger partial charge on any atom is -0.312 e. The van der Waals surface area contributed by atoms with Crippen LogP contribution in [0, 0.1) is 5.92 Å². The average Bonchev–Trinajstić information content (AvgIpc) is 2.86. The molecule has 0 fully saturated rings. The van der Waals surface area contributed by atoms with Crippen molar-refractivity contribution in [3.8, 4) is 5.69 Å². The lowest BCUT2D eigenvalue weighted by Gasteiger charge is -2.15. The molecule has 96 valence electrons. The Labute approximate surface area is 108 Å². The van der Waals surface area contributed by atoms with E-state index in [1.54, 1.807) is 4.80 Å². The van der Waals surface area contributed by atoms with Gasteiger partial charge in [0, 0.05) is 0 Å². The Morgan fingerprint density at radius 1 is 1.22 bits per heavy atom. The van der Waals surface area contributed by atoms with Gasteiger partial charge in [0.05, 0.1) is 17.9 Å². The molecule has 1 atom stereocenters. The molecule has 0 saturated carbocycles. The SMILES string of the molecule is CNC(CC(C)C)c1cnn(-c2ccccc2)n1. The summed E-state index contributed by atoms with van der Waals surface area (Å²) in [7, 11) is 1.97. The summed E-state index contributed by atoms with van der Waals surface area (Å²) in [6, 6.07) is 10.2.